The monoisotopic (exact) mass is 122 g/mol. The van der Waals surface area contributed by atoms with Gasteiger partial charge < -0.3 is 5.11 Å². The van der Waals surface area contributed by atoms with E-state index in [2.05, 4.69) is 18.4 Å². The fourth-order valence-electron chi connectivity index (χ4n) is 0.398. The average Bonchev–Trinajstić information content (AvgIpc) is 1.63. The lowest BCUT2D eigenvalue weighted by Crippen LogP contribution is -1.73. The van der Waals surface area contributed by atoms with Crippen LogP contribution in [0.2, 0.25) is 0 Å². The van der Waals surface area contributed by atoms with Crippen LogP contribution in [-0.4, -0.2) is 5.11 Å². The normalized spacial score (nSPS) is 9.78. The van der Waals surface area contributed by atoms with E-state index in [9.17, 15) is 0 Å². The first-order chi connectivity index (χ1) is 4.16. The van der Waals surface area contributed by atoms with Crippen molar-refractivity contribution in [2.75, 3.05) is 0 Å². The van der Waals surface area contributed by atoms with Crippen molar-refractivity contribution < 1.29 is 5.11 Å². The van der Waals surface area contributed by atoms with Crippen LogP contribution in [0.4, 0.5) is 0 Å². The molecule has 0 rings (SSSR count). The Bertz CT molecular complexity index is 188. The van der Waals surface area contributed by atoms with Gasteiger partial charge in [-0.2, -0.15) is 0 Å². The molecule has 48 valence electrons. The Hall–Kier alpha value is -1.16. The number of allylic oxidation sites excluding steroid dienone is 3. The van der Waals surface area contributed by atoms with Gasteiger partial charge in [0.25, 0.3) is 0 Å². The Kier molecular flexibility index (Phi) is 3.31. The van der Waals surface area contributed by atoms with E-state index in [1.54, 1.807) is 13.8 Å². The van der Waals surface area contributed by atoms with Gasteiger partial charge in [-0.3, -0.25) is 0 Å². The molecule has 0 heterocycles. The maximum atomic E-state index is 8.85. The molecule has 0 aliphatic heterocycles. The largest absolute Gasteiger partial charge is 0.501 e. The summed E-state index contributed by atoms with van der Waals surface area (Å²) in [6.07, 6.45) is 1.52. The zero-order valence-electron chi connectivity index (χ0n) is 5.73. The van der Waals surface area contributed by atoms with Crippen molar-refractivity contribution in [3.8, 4) is 11.8 Å². The third kappa shape index (κ3) is 4.70. The number of aliphatic hydroxyl groups is 1. The summed E-state index contributed by atoms with van der Waals surface area (Å²) in [7, 11) is 0. The molecule has 0 saturated carbocycles. The lowest BCUT2D eigenvalue weighted by molar-refractivity contribution is 0.438. The zero-order valence-corrected chi connectivity index (χ0v) is 5.73. The summed E-state index contributed by atoms with van der Waals surface area (Å²) in [6, 6.07) is 0. The Balaban J connectivity index is 4.11. The third-order valence-electron chi connectivity index (χ3n) is 0.636. The summed E-state index contributed by atoms with van der Waals surface area (Å²) < 4.78 is 0. The molecule has 0 unspecified atom stereocenters. The second-order valence-electron chi connectivity index (χ2n) is 1.75. The maximum Gasteiger partial charge on any atom is 0.167 e. The molecule has 9 heavy (non-hydrogen) atoms. The van der Waals surface area contributed by atoms with E-state index in [-0.39, 0.29) is 5.76 Å². The molecule has 0 saturated heterocycles. The molecule has 0 fully saturated rings. The Morgan fingerprint density at radius 3 is 2.56 bits per heavy atom. The molecule has 0 aromatic carbocycles. The van der Waals surface area contributed by atoms with Gasteiger partial charge in [-0.25, -0.2) is 0 Å². The van der Waals surface area contributed by atoms with E-state index in [0.717, 1.165) is 5.57 Å². The first-order valence-corrected chi connectivity index (χ1v) is 2.65. The van der Waals surface area contributed by atoms with Gasteiger partial charge in [0.15, 0.2) is 5.76 Å². The lowest BCUT2D eigenvalue weighted by atomic mass is 10.3. The SMILES string of the molecule is C=C(C)/C=C(\O)C#CC. The Morgan fingerprint density at radius 2 is 2.22 bits per heavy atom. The minimum atomic E-state index is 0.0741. The quantitative estimate of drug-likeness (QED) is 0.320. The molecule has 1 N–H and O–H groups in total. The molecule has 0 atom stereocenters. The van der Waals surface area contributed by atoms with Crippen LogP contribution in [0.1, 0.15) is 13.8 Å². The summed E-state index contributed by atoms with van der Waals surface area (Å²) in [5, 5.41) is 8.85. The molecule has 0 aromatic rings. The van der Waals surface area contributed by atoms with E-state index in [0.29, 0.717) is 0 Å². The number of hydrogen-bond acceptors (Lipinski definition) is 1. The topological polar surface area (TPSA) is 20.2 Å². The Morgan fingerprint density at radius 1 is 1.67 bits per heavy atom. The highest BCUT2D eigenvalue weighted by Gasteiger charge is 1.81. The highest BCUT2D eigenvalue weighted by molar-refractivity contribution is 5.27. The van der Waals surface area contributed by atoms with Crippen molar-refractivity contribution in [3.63, 3.8) is 0 Å². The number of aliphatic hydroxyl groups excluding tert-OH is 1. The van der Waals surface area contributed by atoms with Gasteiger partial charge in [-0.05, 0) is 25.8 Å². The predicted molar refractivity (Wildman–Crippen MR) is 39.0 cm³/mol. The second kappa shape index (κ2) is 3.80. The summed E-state index contributed by atoms with van der Waals surface area (Å²) in [4.78, 5) is 0. The van der Waals surface area contributed by atoms with E-state index in [1.165, 1.54) is 6.08 Å². The van der Waals surface area contributed by atoms with Crippen LogP contribution in [0, 0.1) is 11.8 Å². The van der Waals surface area contributed by atoms with Gasteiger partial charge in [0.05, 0.1) is 0 Å². The first-order valence-electron chi connectivity index (χ1n) is 2.65. The highest BCUT2D eigenvalue weighted by atomic mass is 16.3. The van der Waals surface area contributed by atoms with Gasteiger partial charge in [0.2, 0.25) is 0 Å². The molecule has 0 spiro atoms. The van der Waals surface area contributed by atoms with Gasteiger partial charge in [0.1, 0.15) is 0 Å². The zero-order chi connectivity index (χ0) is 7.28. The minimum absolute atomic E-state index is 0.0741. The molecule has 0 aliphatic carbocycles. The summed E-state index contributed by atoms with van der Waals surface area (Å²) in [6.45, 7) is 7.04. The van der Waals surface area contributed by atoms with Crippen LogP contribution in [0.25, 0.3) is 0 Å². The maximum absolute atomic E-state index is 8.85. The summed E-state index contributed by atoms with van der Waals surface area (Å²) in [5.41, 5.74) is 0.801. The lowest BCUT2D eigenvalue weighted by Gasteiger charge is -1.85. The second-order valence-corrected chi connectivity index (χ2v) is 1.75. The fourth-order valence-corrected chi connectivity index (χ4v) is 0.398. The smallest absolute Gasteiger partial charge is 0.167 e. The third-order valence-corrected chi connectivity index (χ3v) is 0.636. The summed E-state index contributed by atoms with van der Waals surface area (Å²) in [5.74, 6) is 5.12. The van der Waals surface area contributed by atoms with E-state index in [4.69, 9.17) is 5.11 Å². The molecule has 0 amide bonds. The Labute approximate surface area is 55.7 Å². The van der Waals surface area contributed by atoms with Crippen LogP contribution in [-0.2, 0) is 0 Å². The number of rotatable bonds is 1. The molecule has 1 nitrogen and oxygen atoms in total. The molecule has 0 bridgehead atoms. The van der Waals surface area contributed by atoms with E-state index < -0.39 is 0 Å². The van der Waals surface area contributed by atoms with Crippen LogP contribution in [0.15, 0.2) is 24.0 Å². The van der Waals surface area contributed by atoms with Crippen molar-refractivity contribution in [2.24, 2.45) is 0 Å². The average molecular weight is 122 g/mol. The van der Waals surface area contributed by atoms with Crippen molar-refractivity contribution in [1.29, 1.82) is 0 Å². The first kappa shape index (κ1) is 7.84. The van der Waals surface area contributed by atoms with Gasteiger partial charge >= 0.3 is 0 Å². The minimum Gasteiger partial charge on any atom is -0.501 e. The van der Waals surface area contributed by atoms with Gasteiger partial charge in [-0.15, -0.1) is 0 Å². The number of hydrogen-bond donors (Lipinski definition) is 1. The molecular weight excluding hydrogens is 112 g/mol. The fraction of sp³-hybridized carbons (Fsp3) is 0.250. The molecule has 0 radical (unpaired) electrons. The van der Waals surface area contributed by atoms with Crippen LogP contribution >= 0.6 is 0 Å². The standard InChI is InChI=1S/C8H10O/c1-4-5-8(9)6-7(2)3/h6,9H,2H2,1,3H3/b8-6-. The van der Waals surface area contributed by atoms with Crippen LogP contribution in [0.3, 0.4) is 0 Å². The molecule has 1 heteroatoms. The van der Waals surface area contributed by atoms with Gasteiger partial charge in [0, 0.05) is 0 Å². The van der Waals surface area contributed by atoms with Crippen LogP contribution in [0.5, 0.6) is 0 Å². The predicted octanol–water partition coefficient (Wildman–Crippen LogP) is 2.03. The van der Waals surface area contributed by atoms with Crippen molar-refractivity contribution in [1.82, 2.24) is 0 Å². The van der Waals surface area contributed by atoms with E-state index in [1.807, 2.05) is 0 Å². The highest BCUT2D eigenvalue weighted by Crippen LogP contribution is 1.93. The summed E-state index contributed by atoms with van der Waals surface area (Å²) >= 11 is 0. The van der Waals surface area contributed by atoms with Gasteiger partial charge in [-0.1, -0.05) is 18.1 Å². The van der Waals surface area contributed by atoms with Crippen LogP contribution < -0.4 is 0 Å². The molecule has 0 aliphatic rings. The van der Waals surface area contributed by atoms with Crippen molar-refractivity contribution >= 4 is 0 Å². The molecular formula is C8H10O. The molecule has 0 aromatic heterocycles. The van der Waals surface area contributed by atoms with Crippen molar-refractivity contribution in [3.05, 3.63) is 24.0 Å². The van der Waals surface area contributed by atoms with E-state index >= 15 is 0 Å². The van der Waals surface area contributed by atoms with Crippen molar-refractivity contribution in [2.45, 2.75) is 13.8 Å².